The molecule has 2 aromatic rings. The molecule has 2 rings (SSSR count). The number of amides is 2. The summed E-state index contributed by atoms with van der Waals surface area (Å²) in [6.07, 6.45) is 1.94. The number of nitrogens with one attached hydrogen (secondary N) is 1. The maximum absolute atomic E-state index is 12.2. The van der Waals surface area contributed by atoms with Crippen LogP contribution in [-0.2, 0) is 16.1 Å². The van der Waals surface area contributed by atoms with Crippen molar-refractivity contribution in [3.63, 3.8) is 0 Å². The molecule has 0 aliphatic heterocycles. The number of hydrogen-bond acceptors (Lipinski definition) is 4. The van der Waals surface area contributed by atoms with Gasteiger partial charge in [-0.1, -0.05) is 41.9 Å². The van der Waals surface area contributed by atoms with E-state index >= 15 is 0 Å². The van der Waals surface area contributed by atoms with Gasteiger partial charge in [0.25, 0.3) is 0 Å². The molecular weight excluding hydrogens is 360 g/mol. The molecule has 0 spiro atoms. The van der Waals surface area contributed by atoms with Gasteiger partial charge in [-0.15, -0.1) is 11.8 Å². The van der Waals surface area contributed by atoms with Crippen LogP contribution >= 0.6 is 23.4 Å². The molecule has 0 saturated heterocycles. The first-order chi connectivity index (χ1) is 12.0. The van der Waals surface area contributed by atoms with Crippen molar-refractivity contribution >= 4 is 35.4 Å². The Morgan fingerprint density at radius 2 is 1.88 bits per heavy atom. The van der Waals surface area contributed by atoms with Crippen LogP contribution in [0.4, 0.5) is 4.79 Å². The van der Waals surface area contributed by atoms with E-state index in [0.717, 1.165) is 10.5 Å². The van der Waals surface area contributed by atoms with Crippen LogP contribution in [0.5, 0.6) is 0 Å². The Morgan fingerprint density at radius 3 is 2.48 bits per heavy atom. The monoisotopic (exact) mass is 378 g/mol. The minimum atomic E-state index is -0.731. The summed E-state index contributed by atoms with van der Waals surface area (Å²) < 4.78 is 5.29. The molecule has 0 bridgehead atoms. The number of thioether (sulfide) groups is 1. The van der Waals surface area contributed by atoms with Gasteiger partial charge >= 0.3 is 12.0 Å². The van der Waals surface area contributed by atoms with Crippen LogP contribution in [0, 0.1) is 0 Å². The molecule has 7 heteroatoms. The van der Waals surface area contributed by atoms with Gasteiger partial charge in [0.2, 0.25) is 0 Å². The molecule has 2 amide bonds. The third-order valence-electron chi connectivity index (χ3n) is 3.53. The summed E-state index contributed by atoms with van der Waals surface area (Å²) in [5.74, 6) is -0.451. The average molecular weight is 379 g/mol. The molecule has 0 saturated carbocycles. The Labute approximate surface area is 155 Å². The van der Waals surface area contributed by atoms with Crippen molar-refractivity contribution in [2.75, 3.05) is 6.26 Å². The number of benzene rings is 2. The van der Waals surface area contributed by atoms with Crippen molar-refractivity contribution in [1.82, 2.24) is 5.32 Å². The fraction of sp³-hybridized carbons (Fsp3) is 0.222. The highest BCUT2D eigenvalue weighted by Crippen LogP contribution is 2.25. The van der Waals surface area contributed by atoms with Gasteiger partial charge in [0.05, 0.1) is 12.5 Å². The summed E-state index contributed by atoms with van der Waals surface area (Å²) >= 11 is 7.78. The van der Waals surface area contributed by atoms with Crippen LogP contribution in [0.15, 0.2) is 53.4 Å². The molecule has 132 valence electrons. The predicted octanol–water partition coefficient (Wildman–Crippen LogP) is 3.90. The minimum Gasteiger partial charge on any atom is -0.461 e. The van der Waals surface area contributed by atoms with Crippen molar-refractivity contribution < 1.29 is 14.3 Å². The number of rotatable bonds is 7. The predicted molar refractivity (Wildman–Crippen MR) is 99.5 cm³/mol. The van der Waals surface area contributed by atoms with E-state index in [0.29, 0.717) is 10.6 Å². The Bertz CT molecular complexity index is 737. The van der Waals surface area contributed by atoms with Crippen LogP contribution in [0.3, 0.4) is 0 Å². The van der Waals surface area contributed by atoms with Gasteiger partial charge in [-0.2, -0.15) is 0 Å². The molecule has 0 aromatic heterocycles. The summed E-state index contributed by atoms with van der Waals surface area (Å²) in [6.45, 7) is 0.166. The first-order valence-electron chi connectivity index (χ1n) is 7.58. The van der Waals surface area contributed by atoms with Crippen molar-refractivity contribution in [2.24, 2.45) is 5.73 Å². The summed E-state index contributed by atoms with van der Waals surface area (Å²) in [7, 11) is 0. The molecular formula is C18H19ClN2O3S. The standard InChI is InChI=1S/C18H19ClN2O3S/c1-25-13-8-6-12(7-9-13)11-24-17(22)10-16(21-18(20)23)14-4-2-3-5-15(14)19/h2-9,16H,10-11H2,1H3,(H3,20,21,23). The average Bonchev–Trinajstić information content (AvgIpc) is 2.60. The largest absolute Gasteiger partial charge is 0.461 e. The van der Waals surface area contributed by atoms with Crippen molar-refractivity contribution in [3.05, 3.63) is 64.7 Å². The van der Waals surface area contributed by atoms with E-state index in [1.165, 1.54) is 0 Å². The molecule has 0 aliphatic rings. The number of esters is 1. The topological polar surface area (TPSA) is 81.4 Å². The molecule has 0 heterocycles. The second-order valence-electron chi connectivity index (χ2n) is 5.30. The summed E-state index contributed by atoms with van der Waals surface area (Å²) in [6, 6.07) is 13.3. The quantitative estimate of drug-likeness (QED) is 0.565. The van der Waals surface area contributed by atoms with E-state index in [1.54, 1.807) is 36.0 Å². The second kappa shape index (κ2) is 9.34. The number of nitrogens with two attached hydrogens (primary N) is 1. The highest BCUT2D eigenvalue weighted by Gasteiger charge is 2.20. The van der Waals surface area contributed by atoms with Gasteiger partial charge in [-0.25, -0.2) is 4.79 Å². The van der Waals surface area contributed by atoms with Crippen LogP contribution in [0.1, 0.15) is 23.6 Å². The lowest BCUT2D eigenvalue weighted by Gasteiger charge is -2.18. The van der Waals surface area contributed by atoms with Gasteiger partial charge in [0, 0.05) is 9.92 Å². The number of urea groups is 1. The fourth-order valence-electron chi connectivity index (χ4n) is 2.28. The summed E-state index contributed by atoms with van der Waals surface area (Å²) in [4.78, 5) is 24.5. The SMILES string of the molecule is CSc1ccc(COC(=O)CC(NC(N)=O)c2ccccc2Cl)cc1. The minimum absolute atomic E-state index is 0.0600. The maximum Gasteiger partial charge on any atom is 0.312 e. The van der Waals surface area contributed by atoms with E-state index in [4.69, 9.17) is 22.1 Å². The third-order valence-corrected chi connectivity index (χ3v) is 4.61. The second-order valence-corrected chi connectivity index (χ2v) is 6.58. The van der Waals surface area contributed by atoms with Crippen molar-refractivity contribution in [1.29, 1.82) is 0 Å². The normalized spacial score (nSPS) is 11.6. The number of ether oxygens (including phenoxy) is 1. The van der Waals surface area contributed by atoms with Gasteiger partial charge in [0.15, 0.2) is 0 Å². The molecule has 3 N–H and O–H groups in total. The first kappa shape index (κ1) is 19.1. The zero-order chi connectivity index (χ0) is 18.2. The fourth-order valence-corrected chi connectivity index (χ4v) is 2.96. The van der Waals surface area contributed by atoms with Gasteiger partial charge in [-0.3, -0.25) is 4.79 Å². The molecule has 1 atom stereocenters. The Balaban J connectivity index is 1.99. The van der Waals surface area contributed by atoms with Crippen molar-refractivity contribution in [2.45, 2.75) is 24.0 Å². The molecule has 0 radical (unpaired) electrons. The third kappa shape index (κ3) is 5.99. The Hall–Kier alpha value is -2.18. The van der Waals surface area contributed by atoms with Crippen molar-refractivity contribution in [3.8, 4) is 0 Å². The summed E-state index contributed by atoms with van der Waals surface area (Å²) in [5, 5.41) is 2.98. The molecule has 2 aromatic carbocycles. The molecule has 0 aliphatic carbocycles. The molecule has 1 unspecified atom stereocenters. The van der Waals surface area contributed by atoms with Crippen LogP contribution in [0.25, 0.3) is 0 Å². The molecule has 25 heavy (non-hydrogen) atoms. The summed E-state index contributed by atoms with van der Waals surface area (Å²) in [5.41, 5.74) is 6.71. The Kier molecular flexibility index (Phi) is 7.16. The lowest BCUT2D eigenvalue weighted by Crippen LogP contribution is -2.34. The van der Waals surface area contributed by atoms with Crippen LogP contribution < -0.4 is 11.1 Å². The lowest BCUT2D eigenvalue weighted by atomic mass is 10.0. The van der Waals surface area contributed by atoms with E-state index in [2.05, 4.69) is 5.32 Å². The number of primary amides is 1. The number of carbonyl (C=O) groups is 2. The highest BCUT2D eigenvalue weighted by atomic mass is 35.5. The van der Waals surface area contributed by atoms with E-state index in [-0.39, 0.29) is 13.0 Å². The van der Waals surface area contributed by atoms with E-state index in [9.17, 15) is 9.59 Å². The first-order valence-corrected chi connectivity index (χ1v) is 9.19. The number of carbonyl (C=O) groups excluding carboxylic acids is 2. The zero-order valence-corrected chi connectivity index (χ0v) is 15.3. The van der Waals surface area contributed by atoms with E-state index in [1.807, 2.05) is 30.5 Å². The maximum atomic E-state index is 12.2. The highest BCUT2D eigenvalue weighted by molar-refractivity contribution is 7.98. The molecule has 5 nitrogen and oxygen atoms in total. The lowest BCUT2D eigenvalue weighted by molar-refractivity contribution is -0.145. The number of halogens is 1. The molecule has 0 fully saturated rings. The zero-order valence-electron chi connectivity index (χ0n) is 13.7. The van der Waals surface area contributed by atoms with Gasteiger partial charge < -0.3 is 15.8 Å². The van der Waals surface area contributed by atoms with Gasteiger partial charge in [0.1, 0.15) is 6.61 Å². The number of hydrogen-bond donors (Lipinski definition) is 2. The van der Waals surface area contributed by atoms with Gasteiger partial charge in [-0.05, 0) is 35.6 Å². The van der Waals surface area contributed by atoms with Crippen LogP contribution in [-0.4, -0.2) is 18.3 Å². The van der Waals surface area contributed by atoms with E-state index < -0.39 is 18.0 Å². The Morgan fingerprint density at radius 1 is 1.20 bits per heavy atom. The van der Waals surface area contributed by atoms with Crippen LogP contribution in [0.2, 0.25) is 5.02 Å². The smallest absolute Gasteiger partial charge is 0.312 e.